The van der Waals surface area contributed by atoms with Gasteiger partial charge in [0.25, 0.3) is 0 Å². The van der Waals surface area contributed by atoms with E-state index in [2.05, 4.69) is 29.8 Å². The molecule has 0 bridgehead atoms. The zero-order valence-electron chi connectivity index (χ0n) is 6.63. The lowest BCUT2D eigenvalue weighted by Gasteiger charge is -2.06. The summed E-state index contributed by atoms with van der Waals surface area (Å²) >= 11 is 5.06. The van der Waals surface area contributed by atoms with Gasteiger partial charge in [-0.05, 0) is 33.3 Å². The molecule has 1 rings (SSSR count). The van der Waals surface area contributed by atoms with Crippen LogP contribution >= 0.6 is 27.3 Å². The molecule has 11 heavy (non-hydrogen) atoms. The molecule has 1 nitrogen and oxygen atoms in total. The number of thiophene rings is 1. The molecule has 0 aromatic carbocycles. The van der Waals surface area contributed by atoms with E-state index in [1.807, 2.05) is 11.4 Å². The molecule has 0 N–H and O–H groups in total. The van der Waals surface area contributed by atoms with Gasteiger partial charge in [0.1, 0.15) is 9.54 Å². The first-order valence-corrected chi connectivity index (χ1v) is 5.23. The second-order valence-electron chi connectivity index (χ2n) is 2.76. The first kappa shape index (κ1) is 9.07. The Balaban J connectivity index is 2.44. The maximum Gasteiger partial charge on any atom is 0.144 e. The van der Waals surface area contributed by atoms with Gasteiger partial charge in [-0.15, -0.1) is 11.3 Å². The van der Waals surface area contributed by atoms with Crippen LogP contribution in [0.15, 0.2) is 15.2 Å². The Hall–Kier alpha value is -0.0200. The van der Waals surface area contributed by atoms with E-state index in [-0.39, 0.29) is 0 Å². The van der Waals surface area contributed by atoms with Gasteiger partial charge in [0.2, 0.25) is 0 Å². The van der Waals surface area contributed by atoms with Gasteiger partial charge in [-0.3, -0.25) is 0 Å². The van der Waals surface area contributed by atoms with E-state index >= 15 is 0 Å². The van der Waals surface area contributed by atoms with Gasteiger partial charge in [0.05, 0.1) is 6.61 Å². The van der Waals surface area contributed by atoms with Gasteiger partial charge in [-0.2, -0.15) is 0 Å². The lowest BCUT2D eigenvalue weighted by Crippen LogP contribution is -2.03. The average molecular weight is 235 g/mol. The summed E-state index contributed by atoms with van der Waals surface area (Å²) in [5, 5.41) is 2.01. The Kier molecular flexibility index (Phi) is 3.40. The minimum Gasteiger partial charge on any atom is -0.491 e. The minimum absolute atomic E-state index is 0.585. The Morgan fingerprint density at radius 2 is 2.36 bits per heavy atom. The van der Waals surface area contributed by atoms with Crippen molar-refractivity contribution in [1.82, 2.24) is 0 Å². The van der Waals surface area contributed by atoms with Crippen molar-refractivity contribution in [1.29, 1.82) is 0 Å². The third-order valence-corrected chi connectivity index (χ3v) is 2.79. The van der Waals surface area contributed by atoms with Crippen molar-refractivity contribution in [2.45, 2.75) is 13.8 Å². The summed E-state index contributed by atoms with van der Waals surface area (Å²) in [6.07, 6.45) is 0. The highest BCUT2D eigenvalue weighted by atomic mass is 79.9. The topological polar surface area (TPSA) is 9.23 Å². The number of ether oxygens (including phenoxy) is 1. The van der Waals surface area contributed by atoms with Crippen molar-refractivity contribution < 1.29 is 4.74 Å². The molecule has 0 unspecified atom stereocenters. The first-order valence-electron chi connectivity index (χ1n) is 3.56. The molecule has 0 saturated heterocycles. The predicted octanol–water partition coefficient (Wildman–Crippen LogP) is 3.55. The Morgan fingerprint density at radius 1 is 1.64 bits per heavy atom. The van der Waals surface area contributed by atoms with Crippen LogP contribution in [0.4, 0.5) is 0 Å². The number of rotatable bonds is 3. The van der Waals surface area contributed by atoms with Crippen molar-refractivity contribution in [2.75, 3.05) is 6.61 Å². The van der Waals surface area contributed by atoms with Crippen LogP contribution in [-0.2, 0) is 0 Å². The standard InChI is InChI=1S/C8H11BrOS/c1-6(2)5-10-7-3-4-11-8(7)9/h3-4,6H,5H2,1-2H3. The maximum absolute atomic E-state index is 5.50. The monoisotopic (exact) mass is 234 g/mol. The third kappa shape index (κ3) is 2.83. The molecule has 0 amide bonds. The molecule has 1 aromatic rings. The van der Waals surface area contributed by atoms with Crippen LogP contribution in [0.2, 0.25) is 0 Å². The first-order chi connectivity index (χ1) is 5.20. The van der Waals surface area contributed by atoms with Gasteiger partial charge in [-0.1, -0.05) is 13.8 Å². The lowest BCUT2D eigenvalue weighted by atomic mass is 10.2. The van der Waals surface area contributed by atoms with E-state index in [9.17, 15) is 0 Å². The molecule has 62 valence electrons. The molecule has 1 aromatic heterocycles. The van der Waals surface area contributed by atoms with Crippen LogP contribution in [0.25, 0.3) is 0 Å². The largest absolute Gasteiger partial charge is 0.491 e. The van der Waals surface area contributed by atoms with E-state index in [1.54, 1.807) is 11.3 Å². The fourth-order valence-electron chi connectivity index (χ4n) is 0.640. The molecule has 3 heteroatoms. The second kappa shape index (κ2) is 4.12. The summed E-state index contributed by atoms with van der Waals surface area (Å²) in [6.45, 7) is 5.07. The summed E-state index contributed by atoms with van der Waals surface area (Å²) in [7, 11) is 0. The smallest absolute Gasteiger partial charge is 0.144 e. The van der Waals surface area contributed by atoms with Gasteiger partial charge in [-0.25, -0.2) is 0 Å². The van der Waals surface area contributed by atoms with Crippen LogP contribution in [0, 0.1) is 5.92 Å². The summed E-state index contributed by atoms with van der Waals surface area (Å²) in [6, 6.07) is 1.98. The van der Waals surface area contributed by atoms with Gasteiger partial charge >= 0.3 is 0 Å². The average Bonchev–Trinajstić information content (AvgIpc) is 2.31. The SMILES string of the molecule is CC(C)COc1ccsc1Br. The molecule has 0 radical (unpaired) electrons. The summed E-state index contributed by atoms with van der Waals surface area (Å²) in [5.41, 5.74) is 0. The van der Waals surface area contributed by atoms with Crippen LogP contribution in [0.5, 0.6) is 5.75 Å². The Labute approximate surface area is 79.5 Å². The third-order valence-electron chi connectivity index (χ3n) is 1.16. The number of hydrogen-bond donors (Lipinski definition) is 0. The molecule has 0 aliphatic heterocycles. The second-order valence-corrected chi connectivity index (χ2v) is 5.00. The molecule has 0 spiro atoms. The Bertz CT molecular complexity index is 220. The minimum atomic E-state index is 0.585. The molecular formula is C8H11BrOS. The summed E-state index contributed by atoms with van der Waals surface area (Å²) in [4.78, 5) is 0. The molecule has 0 atom stereocenters. The fourth-order valence-corrected chi connectivity index (χ4v) is 1.77. The van der Waals surface area contributed by atoms with Crippen molar-refractivity contribution in [3.63, 3.8) is 0 Å². The molecule has 0 saturated carbocycles. The van der Waals surface area contributed by atoms with Crippen molar-refractivity contribution in [2.24, 2.45) is 5.92 Å². The van der Waals surface area contributed by atoms with E-state index in [0.717, 1.165) is 16.1 Å². The molecule has 0 aliphatic carbocycles. The summed E-state index contributed by atoms with van der Waals surface area (Å²) < 4.78 is 6.58. The quantitative estimate of drug-likeness (QED) is 0.778. The number of hydrogen-bond acceptors (Lipinski definition) is 2. The van der Waals surface area contributed by atoms with Gasteiger partial charge in [0, 0.05) is 0 Å². The highest BCUT2D eigenvalue weighted by Crippen LogP contribution is 2.30. The number of halogens is 1. The van der Waals surface area contributed by atoms with Crippen LogP contribution in [-0.4, -0.2) is 6.61 Å². The highest BCUT2D eigenvalue weighted by Gasteiger charge is 2.02. The van der Waals surface area contributed by atoms with Gasteiger partial charge in [0.15, 0.2) is 0 Å². The summed E-state index contributed by atoms with van der Waals surface area (Å²) in [5.74, 6) is 1.55. The predicted molar refractivity (Wildman–Crippen MR) is 52.4 cm³/mol. The van der Waals surface area contributed by atoms with Crippen molar-refractivity contribution >= 4 is 27.3 Å². The van der Waals surface area contributed by atoms with Crippen molar-refractivity contribution in [3.8, 4) is 5.75 Å². The highest BCUT2D eigenvalue weighted by molar-refractivity contribution is 9.11. The molecule has 1 heterocycles. The fraction of sp³-hybridized carbons (Fsp3) is 0.500. The molecule has 0 fully saturated rings. The Morgan fingerprint density at radius 3 is 2.82 bits per heavy atom. The normalized spacial score (nSPS) is 10.5. The van der Waals surface area contributed by atoms with Crippen LogP contribution in [0.3, 0.4) is 0 Å². The zero-order valence-corrected chi connectivity index (χ0v) is 9.04. The van der Waals surface area contributed by atoms with Gasteiger partial charge < -0.3 is 4.74 Å². The van der Waals surface area contributed by atoms with E-state index in [4.69, 9.17) is 4.74 Å². The van der Waals surface area contributed by atoms with Crippen LogP contribution < -0.4 is 4.74 Å². The molecular weight excluding hydrogens is 224 g/mol. The van der Waals surface area contributed by atoms with E-state index in [1.165, 1.54) is 0 Å². The lowest BCUT2D eigenvalue weighted by molar-refractivity contribution is 0.271. The van der Waals surface area contributed by atoms with E-state index < -0.39 is 0 Å². The van der Waals surface area contributed by atoms with Crippen LogP contribution in [0.1, 0.15) is 13.8 Å². The molecule has 0 aliphatic rings. The maximum atomic E-state index is 5.50. The zero-order chi connectivity index (χ0) is 8.27. The van der Waals surface area contributed by atoms with E-state index in [0.29, 0.717) is 5.92 Å². The van der Waals surface area contributed by atoms with Crippen molar-refractivity contribution in [3.05, 3.63) is 15.2 Å².